The third-order valence-electron chi connectivity index (χ3n) is 4.46. The maximum Gasteiger partial charge on any atom is 0.326 e. The van der Waals surface area contributed by atoms with E-state index >= 15 is 0 Å². The van der Waals surface area contributed by atoms with Gasteiger partial charge in [-0.2, -0.15) is 0 Å². The molecule has 1 fully saturated rings. The van der Waals surface area contributed by atoms with Crippen LogP contribution in [0.2, 0.25) is 0 Å². The number of ether oxygens (including phenoxy) is 2. The van der Waals surface area contributed by atoms with Crippen molar-refractivity contribution in [1.29, 1.82) is 0 Å². The SMILES string of the molecule is COCC1(C(=O)O)CCCN1Cc1ccc(Oc2cnccn2)cc1. The number of methoxy groups -OCH3 is 1. The first-order valence-electron chi connectivity index (χ1n) is 8.14. The normalized spacial score (nSPS) is 20.5. The molecule has 7 heteroatoms. The highest BCUT2D eigenvalue weighted by atomic mass is 16.5. The van der Waals surface area contributed by atoms with E-state index in [0.29, 0.717) is 24.6 Å². The summed E-state index contributed by atoms with van der Waals surface area (Å²) in [6.07, 6.45) is 6.15. The standard InChI is InChI=1S/C18H21N3O4/c1-24-13-18(17(22)23)7-2-10-21(18)12-14-3-5-15(6-4-14)25-16-11-19-8-9-20-16/h3-6,8-9,11H,2,7,10,12-13H2,1H3,(H,22,23). The van der Waals surface area contributed by atoms with E-state index in [4.69, 9.17) is 9.47 Å². The Balaban J connectivity index is 1.69. The average molecular weight is 343 g/mol. The molecule has 0 spiro atoms. The molecule has 1 aliphatic rings. The highest BCUT2D eigenvalue weighted by molar-refractivity contribution is 5.79. The van der Waals surface area contributed by atoms with E-state index in [1.54, 1.807) is 25.7 Å². The average Bonchev–Trinajstić information content (AvgIpc) is 3.02. The molecule has 1 saturated heterocycles. The second kappa shape index (κ2) is 7.58. The maximum absolute atomic E-state index is 11.8. The van der Waals surface area contributed by atoms with Gasteiger partial charge in [-0.25, -0.2) is 4.98 Å². The Kier molecular flexibility index (Phi) is 5.25. The van der Waals surface area contributed by atoms with Crippen LogP contribution in [0.15, 0.2) is 42.9 Å². The van der Waals surface area contributed by atoms with Crippen LogP contribution in [0.4, 0.5) is 0 Å². The van der Waals surface area contributed by atoms with Crippen LogP contribution < -0.4 is 4.74 Å². The van der Waals surface area contributed by atoms with Crippen molar-refractivity contribution in [1.82, 2.24) is 14.9 Å². The van der Waals surface area contributed by atoms with Gasteiger partial charge in [0.25, 0.3) is 0 Å². The summed E-state index contributed by atoms with van der Waals surface area (Å²) in [5.41, 5.74) is 0.0823. The second-order valence-electron chi connectivity index (χ2n) is 6.08. The summed E-state index contributed by atoms with van der Waals surface area (Å²) >= 11 is 0. The summed E-state index contributed by atoms with van der Waals surface area (Å²) < 4.78 is 10.8. The van der Waals surface area contributed by atoms with Crippen molar-refractivity contribution >= 4 is 5.97 Å². The molecule has 1 aromatic heterocycles. The lowest BCUT2D eigenvalue weighted by molar-refractivity contribution is -0.153. The number of carbonyl (C=O) groups is 1. The van der Waals surface area contributed by atoms with Crippen LogP contribution in [0.5, 0.6) is 11.6 Å². The van der Waals surface area contributed by atoms with E-state index in [-0.39, 0.29) is 6.61 Å². The van der Waals surface area contributed by atoms with Gasteiger partial charge in [0.1, 0.15) is 11.3 Å². The molecule has 0 amide bonds. The minimum atomic E-state index is -0.941. The van der Waals surface area contributed by atoms with Crippen molar-refractivity contribution in [3.63, 3.8) is 0 Å². The van der Waals surface area contributed by atoms with E-state index in [1.807, 2.05) is 29.2 Å². The van der Waals surface area contributed by atoms with Crippen molar-refractivity contribution in [3.05, 3.63) is 48.4 Å². The van der Waals surface area contributed by atoms with Crippen LogP contribution >= 0.6 is 0 Å². The molecule has 2 aromatic rings. The number of carboxylic acid groups (broad SMARTS) is 1. The van der Waals surface area contributed by atoms with Gasteiger partial charge in [-0.1, -0.05) is 12.1 Å². The van der Waals surface area contributed by atoms with Crippen molar-refractivity contribution < 1.29 is 19.4 Å². The monoisotopic (exact) mass is 343 g/mol. The smallest absolute Gasteiger partial charge is 0.326 e. The first-order valence-corrected chi connectivity index (χ1v) is 8.14. The molecule has 3 rings (SSSR count). The third-order valence-corrected chi connectivity index (χ3v) is 4.46. The molecule has 7 nitrogen and oxygen atoms in total. The Morgan fingerprint density at radius 2 is 2.12 bits per heavy atom. The van der Waals surface area contributed by atoms with Gasteiger partial charge in [0.05, 0.1) is 12.8 Å². The molecule has 0 radical (unpaired) electrons. The van der Waals surface area contributed by atoms with Crippen LogP contribution in [-0.2, 0) is 16.1 Å². The number of rotatable bonds is 7. The van der Waals surface area contributed by atoms with E-state index in [9.17, 15) is 9.90 Å². The Labute approximate surface area is 146 Å². The fourth-order valence-electron chi connectivity index (χ4n) is 3.21. The Morgan fingerprint density at radius 1 is 1.32 bits per heavy atom. The molecular formula is C18H21N3O4. The van der Waals surface area contributed by atoms with Crippen LogP contribution in [0.1, 0.15) is 18.4 Å². The van der Waals surface area contributed by atoms with E-state index in [2.05, 4.69) is 9.97 Å². The quantitative estimate of drug-likeness (QED) is 0.826. The maximum atomic E-state index is 11.8. The number of hydrogen-bond donors (Lipinski definition) is 1. The third kappa shape index (κ3) is 3.78. The minimum absolute atomic E-state index is 0.191. The van der Waals surface area contributed by atoms with Crippen LogP contribution in [0.25, 0.3) is 0 Å². The summed E-state index contributed by atoms with van der Waals surface area (Å²) in [7, 11) is 1.54. The van der Waals surface area contributed by atoms with E-state index in [0.717, 1.165) is 18.5 Å². The van der Waals surface area contributed by atoms with Crippen molar-refractivity contribution in [2.24, 2.45) is 0 Å². The van der Waals surface area contributed by atoms with E-state index in [1.165, 1.54) is 0 Å². The molecule has 0 aliphatic carbocycles. The Morgan fingerprint density at radius 3 is 2.76 bits per heavy atom. The zero-order chi connectivity index (χ0) is 17.7. The largest absolute Gasteiger partial charge is 0.480 e. The zero-order valence-electron chi connectivity index (χ0n) is 14.1. The van der Waals surface area contributed by atoms with Crippen molar-refractivity contribution in [2.75, 3.05) is 20.3 Å². The van der Waals surface area contributed by atoms with Crippen LogP contribution in [-0.4, -0.2) is 51.7 Å². The Hall–Kier alpha value is -2.51. The van der Waals surface area contributed by atoms with E-state index < -0.39 is 11.5 Å². The molecule has 2 heterocycles. The first kappa shape index (κ1) is 17.3. The molecule has 25 heavy (non-hydrogen) atoms. The van der Waals surface area contributed by atoms with Crippen LogP contribution in [0.3, 0.4) is 0 Å². The number of likely N-dealkylation sites (tertiary alicyclic amines) is 1. The fourth-order valence-corrected chi connectivity index (χ4v) is 3.21. The molecular weight excluding hydrogens is 322 g/mol. The fraction of sp³-hybridized carbons (Fsp3) is 0.389. The summed E-state index contributed by atoms with van der Waals surface area (Å²) in [5, 5.41) is 9.70. The number of benzene rings is 1. The second-order valence-corrected chi connectivity index (χ2v) is 6.08. The molecule has 1 aromatic carbocycles. The lowest BCUT2D eigenvalue weighted by Gasteiger charge is -2.34. The first-order chi connectivity index (χ1) is 12.1. The predicted octanol–water partition coefficient (Wildman–Crippen LogP) is 2.33. The van der Waals surface area contributed by atoms with Gasteiger partial charge in [-0.3, -0.25) is 14.7 Å². The van der Waals surface area contributed by atoms with Gasteiger partial charge in [-0.05, 0) is 37.1 Å². The lowest BCUT2D eigenvalue weighted by atomic mass is 9.97. The predicted molar refractivity (Wildman–Crippen MR) is 90.4 cm³/mol. The highest BCUT2D eigenvalue weighted by Crippen LogP contribution is 2.32. The molecule has 0 saturated carbocycles. The van der Waals surface area contributed by atoms with Gasteiger partial charge in [0.2, 0.25) is 5.88 Å². The molecule has 1 aliphatic heterocycles. The van der Waals surface area contributed by atoms with Crippen LogP contribution in [0, 0.1) is 0 Å². The number of aromatic nitrogens is 2. The Bertz CT molecular complexity index is 708. The summed E-state index contributed by atoms with van der Waals surface area (Å²) in [4.78, 5) is 21.8. The summed E-state index contributed by atoms with van der Waals surface area (Å²) in [5.74, 6) is 0.265. The summed E-state index contributed by atoms with van der Waals surface area (Å²) in [6.45, 7) is 1.49. The van der Waals surface area contributed by atoms with Gasteiger partial charge < -0.3 is 14.6 Å². The molecule has 1 unspecified atom stereocenters. The minimum Gasteiger partial charge on any atom is -0.480 e. The number of nitrogens with zero attached hydrogens (tertiary/aromatic N) is 3. The lowest BCUT2D eigenvalue weighted by Crippen LogP contribution is -2.53. The van der Waals surface area contributed by atoms with Gasteiger partial charge in [-0.15, -0.1) is 0 Å². The zero-order valence-corrected chi connectivity index (χ0v) is 14.1. The topological polar surface area (TPSA) is 84.8 Å². The number of hydrogen-bond acceptors (Lipinski definition) is 6. The molecule has 132 valence electrons. The van der Waals surface area contributed by atoms with Crippen molar-refractivity contribution in [2.45, 2.75) is 24.9 Å². The van der Waals surface area contributed by atoms with Gasteiger partial charge in [0.15, 0.2) is 0 Å². The number of carboxylic acids is 1. The molecule has 1 N–H and O–H groups in total. The highest BCUT2D eigenvalue weighted by Gasteiger charge is 2.47. The van der Waals surface area contributed by atoms with Gasteiger partial charge >= 0.3 is 5.97 Å². The van der Waals surface area contributed by atoms with Gasteiger partial charge in [0, 0.05) is 26.0 Å². The van der Waals surface area contributed by atoms with Crippen molar-refractivity contribution in [3.8, 4) is 11.6 Å². The molecule has 0 bridgehead atoms. The number of aliphatic carboxylic acids is 1. The summed E-state index contributed by atoms with van der Waals surface area (Å²) in [6, 6.07) is 7.56. The molecule has 1 atom stereocenters.